The highest BCUT2D eigenvalue weighted by Crippen LogP contribution is 2.29. The molecule has 0 aliphatic rings. The molecule has 0 saturated carbocycles. The maximum absolute atomic E-state index is 13.6. The van der Waals surface area contributed by atoms with Crippen LogP contribution in [0.1, 0.15) is 25.0 Å². The molecule has 0 fully saturated rings. The van der Waals surface area contributed by atoms with E-state index in [1.807, 2.05) is 12.1 Å². The van der Waals surface area contributed by atoms with Crippen LogP contribution in [-0.2, 0) is 0 Å². The van der Waals surface area contributed by atoms with E-state index < -0.39 is 5.82 Å². The fourth-order valence-corrected chi connectivity index (χ4v) is 1.98. The molecule has 2 aromatic rings. The van der Waals surface area contributed by atoms with Gasteiger partial charge < -0.3 is 14.9 Å². The van der Waals surface area contributed by atoms with Crippen LogP contribution in [0.3, 0.4) is 0 Å². The van der Waals surface area contributed by atoms with E-state index >= 15 is 0 Å². The number of ether oxygens (including phenoxy) is 1. The first-order valence-electron chi connectivity index (χ1n) is 6.29. The summed E-state index contributed by atoms with van der Waals surface area (Å²) in [7, 11) is 1.44. The van der Waals surface area contributed by atoms with Crippen LogP contribution in [-0.4, -0.2) is 13.7 Å². The number of furan rings is 1. The molecular weight excluding hydrogens is 245 g/mol. The van der Waals surface area contributed by atoms with Gasteiger partial charge in [-0.3, -0.25) is 0 Å². The Hall–Kier alpha value is -1.81. The first-order chi connectivity index (χ1) is 9.15. The van der Waals surface area contributed by atoms with Crippen molar-refractivity contribution in [3.63, 3.8) is 0 Å². The van der Waals surface area contributed by atoms with Crippen molar-refractivity contribution in [2.24, 2.45) is 5.73 Å². The Morgan fingerprint density at radius 3 is 2.74 bits per heavy atom. The van der Waals surface area contributed by atoms with E-state index in [0.29, 0.717) is 17.9 Å². The van der Waals surface area contributed by atoms with Gasteiger partial charge in [0.2, 0.25) is 0 Å². The van der Waals surface area contributed by atoms with Gasteiger partial charge in [-0.15, -0.1) is 0 Å². The molecule has 1 aromatic carbocycles. The van der Waals surface area contributed by atoms with Crippen molar-refractivity contribution in [3.05, 3.63) is 41.9 Å². The van der Waals surface area contributed by atoms with Crippen molar-refractivity contribution < 1.29 is 13.5 Å². The van der Waals surface area contributed by atoms with Crippen molar-refractivity contribution in [3.8, 4) is 17.1 Å². The smallest absolute Gasteiger partial charge is 0.165 e. The molecule has 0 bridgehead atoms. The second-order valence-electron chi connectivity index (χ2n) is 4.53. The maximum atomic E-state index is 13.6. The number of hydrogen-bond donors (Lipinski definition) is 1. The van der Waals surface area contributed by atoms with Crippen LogP contribution in [0.15, 0.2) is 34.7 Å². The molecule has 1 aromatic heterocycles. The molecule has 0 radical (unpaired) electrons. The van der Waals surface area contributed by atoms with Gasteiger partial charge in [-0.2, -0.15) is 0 Å². The van der Waals surface area contributed by atoms with Gasteiger partial charge in [0.15, 0.2) is 11.6 Å². The Labute approximate surface area is 112 Å². The quantitative estimate of drug-likeness (QED) is 0.897. The molecule has 0 aliphatic heterocycles. The van der Waals surface area contributed by atoms with Crippen molar-refractivity contribution in [2.45, 2.75) is 19.3 Å². The Morgan fingerprint density at radius 1 is 1.32 bits per heavy atom. The van der Waals surface area contributed by atoms with E-state index in [1.54, 1.807) is 12.1 Å². The van der Waals surface area contributed by atoms with Crippen LogP contribution < -0.4 is 10.5 Å². The average molecular weight is 263 g/mol. The van der Waals surface area contributed by atoms with Gasteiger partial charge >= 0.3 is 0 Å². The summed E-state index contributed by atoms with van der Waals surface area (Å²) in [5, 5.41) is 0. The minimum Gasteiger partial charge on any atom is -0.494 e. The molecular formula is C15H18FNO2. The summed E-state index contributed by atoms with van der Waals surface area (Å²) in [6.45, 7) is 2.68. The summed E-state index contributed by atoms with van der Waals surface area (Å²) in [5.74, 6) is 1.62. The first kappa shape index (κ1) is 13.6. The number of methoxy groups -OCH3 is 1. The Kier molecular flexibility index (Phi) is 4.22. The lowest BCUT2D eigenvalue weighted by molar-refractivity contribution is 0.386. The molecule has 0 aliphatic carbocycles. The predicted octanol–water partition coefficient (Wildman–Crippen LogP) is 3.55. The van der Waals surface area contributed by atoms with Crippen LogP contribution in [0.4, 0.5) is 4.39 Å². The minimum atomic E-state index is -0.395. The van der Waals surface area contributed by atoms with Crippen LogP contribution in [0.5, 0.6) is 5.75 Å². The molecule has 1 atom stereocenters. The molecule has 1 heterocycles. The van der Waals surface area contributed by atoms with E-state index in [0.717, 1.165) is 12.2 Å². The normalized spacial score (nSPS) is 12.4. The Morgan fingerprint density at radius 2 is 2.11 bits per heavy atom. The van der Waals surface area contributed by atoms with Gasteiger partial charge in [0, 0.05) is 11.5 Å². The number of halogens is 1. The summed E-state index contributed by atoms with van der Waals surface area (Å²) in [6, 6.07) is 8.55. The van der Waals surface area contributed by atoms with E-state index in [1.165, 1.54) is 13.2 Å². The third-order valence-corrected chi connectivity index (χ3v) is 3.15. The summed E-state index contributed by atoms with van der Waals surface area (Å²) >= 11 is 0. The van der Waals surface area contributed by atoms with Crippen LogP contribution in [0.2, 0.25) is 0 Å². The van der Waals surface area contributed by atoms with Gasteiger partial charge in [-0.1, -0.05) is 6.92 Å². The maximum Gasteiger partial charge on any atom is 0.165 e. The molecule has 19 heavy (non-hydrogen) atoms. The second kappa shape index (κ2) is 5.89. The fraction of sp³-hybridized carbons (Fsp3) is 0.333. The van der Waals surface area contributed by atoms with Gasteiger partial charge in [0.1, 0.15) is 11.5 Å². The first-order valence-corrected chi connectivity index (χ1v) is 6.29. The molecule has 0 amide bonds. The monoisotopic (exact) mass is 263 g/mol. The summed E-state index contributed by atoms with van der Waals surface area (Å²) in [5.41, 5.74) is 6.23. The van der Waals surface area contributed by atoms with E-state index in [-0.39, 0.29) is 11.7 Å². The van der Waals surface area contributed by atoms with Crippen molar-refractivity contribution in [2.75, 3.05) is 13.7 Å². The summed E-state index contributed by atoms with van der Waals surface area (Å²) < 4.78 is 24.3. The van der Waals surface area contributed by atoms with Gasteiger partial charge in [0.05, 0.1) is 7.11 Å². The molecule has 102 valence electrons. The Bertz CT molecular complexity index is 551. The van der Waals surface area contributed by atoms with Crippen molar-refractivity contribution in [1.29, 1.82) is 0 Å². The SMILES string of the molecule is COc1ccc(-c2ccc(C(C)CCN)o2)cc1F. The number of nitrogens with two attached hydrogens (primary N) is 1. The number of rotatable bonds is 5. The molecule has 4 heteroatoms. The van der Waals surface area contributed by atoms with Crippen LogP contribution in [0, 0.1) is 5.82 Å². The van der Waals surface area contributed by atoms with E-state index in [4.69, 9.17) is 14.9 Å². The standard InChI is InChI=1S/C15H18FNO2/c1-10(7-8-17)13-5-6-14(19-13)11-3-4-15(18-2)12(16)9-11/h3-6,9-10H,7-8,17H2,1-2H3. The van der Waals surface area contributed by atoms with Crippen molar-refractivity contribution >= 4 is 0 Å². The van der Waals surface area contributed by atoms with Crippen molar-refractivity contribution in [1.82, 2.24) is 0 Å². The van der Waals surface area contributed by atoms with Gasteiger partial charge in [-0.25, -0.2) is 4.39 Å². The molecule has 0 spiro atoms. The number of hydrogen-bond acceptors (Lipinski definition) is 3. The lowest BCUT2D eigenvalue weighted by Crippen LogP contribution is -2.03. The molecule has 0 saturated heterocycles. The highest BCUT2D eigenvalue weighted by Gasteiger charge is 2.12. The van der Waals surface area contributed by atoms with Crippen LogP contribution >= 0.6 is 0 Å². The average Bonchev–Trinajstić information content (AvgIpc) is 2.88. The second-order valence-corrected chi connectivity index (χ2v) is 4.53. The summed E-state index contributed by atoms with van der Waals surface area (Å²) in [4.78, 5) is 0. The molecule has 3 nitrogen and oxygen atoms in total. The largest absolute Gasteiger partial charge is 0.494 e. The van der Waals surface area contributed by atoms with E-state index in [9.17, 15) is 4.39 Å². The van der Waals surface area contributed by atoms with Gasteiger partial charge in [0.25, 0.3) is 0 Å². The minimum absolute atomic E-state index is 0.229. The zero-order valence-corrected chi connectivity index (χ0v) is 11.2. The topological polar surface area (TPSA) is 48.4 Å². The third kappa shape index (κ3) is 2.96. The van der Waals surface area contributed by atoms with Gasteiger partial charge in [-0.05, 0) is 43.3 Å². The molecule has 1 unspecified atom stereocenters. The molecule has 2 N–H and O–H groups in total. The Balaban J connectivity index is 2.25. The lowest BCUT2D eigenvalue weighted by Gasteiger charge is -2.06. The molecule has 2 rings (SSSR count). The summed E-state index contributed by atoms with van der Waals surface area (Å²) in [6.07, 6.45) is 0.865. The van der Waals surface area contributed by atoms with Crippen LogP contribution in [0.25, 0.3) is 11.3 Å². The third-order valence-electron chi connectivity index (χ3n) is 3.15. The fourth-order valence-electron chi connectivity index (χ4n) is 1.98. The highest BCUT2D eigenvalue weighted by atomic mass is 19.1. The zero-order chi connectivity index (χ0) is 13.8. The highest BCUT2D eigenvalue weighted by molar-refractivity contribution is 5.59. The predicted molar refractivity (Wildman–Crippen MR) is 72.7 cm³/mol. The number of benzene rings is 1. The van der Waals surface area contributed by atoms with E-state index in [2.05, 4.69) is 6.92 Å². The lowest BCUT2D eigenvalue weighted by atomic mass is 10.1. The zero-order valence-electron chi connectivity index (χ0n) is 11.2.